The zero-order valence-corrected chi connectivity index (χ0v) is 6.56. The van der Waals surface area contributed by atoms with Gasteiger partial charge in [-0.05, 0) is 12.1 Å². The van der Waals surface area contributed by atoms with Gasteiger partial charge in [-0.2, -0.15) is 0 Å². The maximum atomic E-state index is 10.9. The summed E-state index contributed by atoms with van der Waals surface area (Å²) in [5.41, 5.74) is 0.281. The smallest absolute Gasteiger partial charge is 0.316 e. The van der Waals surface area contributed by atoms with Gasteiger partial charge in [-0.15, -0.1) is 4.91 Å². The first-order valence-corrected chi connectivity index (χ1v) is 3.65. The van der Waals surface area contributed by atoms with Gasteiger partial charge in [0.25, 0.3) is 0 Å². The molecule has 0 atom stereocenters. The Balaban J connectivity index is 2.60. The third kappa shape index (κ3) is 1.22. The Kier molecular flexibility index (Phi) is 1.66. The lowest BCUT2D eigenvalue weighted by atomic mass is 10.1. The molecule has 0 fully saturated rings. The molecule has 1 aromatic carbocycles. The summed E-state index contributed by atoms with van der Waals surface area (Å²) >= 11 is 0. The van der Waals surface area contributed by atoms with E-state index in [0.717, 1.165) is 10.8 Å². The highest BCUT2D eigenvalue weighted by molar-refractivity contribution is 5.98. The van der Waals surface area contributed by atoms with Crippen LogP contribution in [0.25, 0.3) is 10.8 Å². The minimum atomic E-state index is -0.761. The van der Waals surface area contributed by atoms with Crippen molar-refractivity contribution >= 4 is 16.7 Å². The number of hydrogen-bond acceptors (Lipinski definition) is 3. The summed E-state index contributed by atoms with van der Waals surface area (Å²) in [6.07, 6.45) is 3.08. The molecule has 0 aliphatic heterocycles. The monoisotopic (exact) mass is 175 g/mol. The van der Waals surface area contributed by atoms with Gasteiger partial charge in [0, 0.05) is 21.5 Å². The molecule has 0 unspecified atom stereocenters. The van der Waals surface area contributed by atoms with Gasteiger partial charge in [-0.1, -0.05) is 6.07 Å². The molecule has 0 N–H and O–H groups in total. The van der Waals surface area contributed by atoms with Crippen molar-refractivity contribution in [3.05, 3.63) is 41.2 Å². The third-order valence-corrected chi connectivity index (χ3v) is 1.81. The molecule has 0 spiro atoms. The van der Waals surface area contributed by atoms with Crippen molar-refractivity contribution < 1.29 is 9.21 Å². The standard InChI is InChI=1S/C9H5NO3/c11-9(10-12)6-1-2-7-4-13-5-8(7)3-6/h1-5H. The summed E-state index contributed by atoms with van der Waals surface area (Å²) in [6.45, 7) is 0. The second kappa shape index (κ2) is 2.82. The Bertz CT molecular complexity index is 472. The lowest BCUT2D eigenvalue weighted by Crippen LogP contribution is -1.91. The van der Waals surface area contributed by atoms with Crippen molar-refractivity contribution in [3.63, 3.8) is 0 Å². The molecule has 64 valence electrons. The maximum absolute atomic E-state index is 10.9. The Labute approximate surface area is 73.1 Å². The van der Waals surface area contributed by atoms with E-state index in [2.05, 4.69) is 5.18 Å². The summed E-state index contributed by atoms with van der Waals surface area (Å²) in [7, 11) is 0. The molecule has 1 aromatic heterocycles. The van der Waals surface area contributed by atoms with Crippen LogP contribution in [-0.4, -0.2) is 5.91 Å². The molecule has 13 heavy (non-hydrogen) atoms. The fourth-order valence-corrected chi connectivity index (χ4v) is 1.15. The average Bonchev–Trinajstić information content (AvgIpc) is 2.63. The van der Waals surface area contributed by atoms with E-state index in [1.54, 1.807) is 24.5 Å². The van der Waals surface area contributed by atoms with Crippen LogP contribution < -0.4 is 0 Å². The first kappa shape index (κ1) is 7.67. The van der Waals surface area contributed by atoms with Gasteiger partial charge in [-0.3, -0.25) is 4.79 Å². The largest absolute Gasteiger partial charge is 0.471 e. The molecule has 1 heterocycles. The number of furan rings is 1. The lowest BCUT2D eigenvalue weighted by molar-refractivity contribution is 0.100. The molecular weight excluding hydrogens is 170 g/mol. The van der Waals surface area contributed by atoms with Crippen LogP contribution in [0.2, 0.25) is 0 Å². The second-order valence-corrected chi connectivity index (χ2v) is 2.61. The predicted octanol–water partition coefficient (Wildman–Crippen LogP) is 2.34. The van der Waals surface area contributed by atoms with Crippen LogP contribution in [0, 0.1) is 4.91 Å². The SMILES string of the molecule is O=NC(=O)c1ccc2cocc2c1. The number of nitrogens with zero attached hydrogens (tertiary/aromatic N) is 1. The normalized spacial score (nSPS) is 10.2. The molecule has 0 radical (unpaired) electrons. The number of fused-ring (bicyclic) bond motifs is 1. The summed E-state index contributed by atoms with van der Waals surface area (Å²) in [6, 6.07) is 4.82. The number of amides is 1. The van der Waals surface area contributed by atoms with Crippen LogP contribution >= 0.6 is 0 Å². The van der Waals surface area contributed by atoms with Crippen molar-refractivity contribution in [1.82, 2.24) is 0 Å². The van der Waals surface area contributed by atoms with E-state index in [1.165, 1.54) is 6.26 Å². The highest BCUT2D eigenvalue weighted by atomic mass is 16.3. The van der Waals surface area contributed by atoms with Crippen molar-refractivity contribution in [1.29, 1.82) is 0 Å². The van der Waals surface area contributed by atoms with E-state index in [4.69, 9.17) is 4.42 Å². The fourth-order valence-electron chi connectivity index (χ4n) is 1.15. The minimum absolute atomic E-state index is 0.281. The molecule has 0 saturated heterocycles. The number of rotatable bonds is 1. The molecular formula is C9H5NO3. The van der Waals surface area contributed by atoms with E-state index >= 15 is 0 Å². The third-order valence-electron chi connectivity index (χ3n) is 1.81. The Morgan fingerprint density at radius 2 is 2.00 bits per heavy atom. The van der Waals surface area contributed by atoms with Gasteiger partial charge in [0.05, 0.1) is 12.5 Å². The Morgan fingerprint density at radius 1 is 1.23 bits per heavy atom. The topological polar surface area (TPSA) is 59.6 Å². The molecule has 0 aliphatic carbocycles. The van der Waals surface area contributed by atoms with Gasteiger partial charge < -0.3 is 4.42 Å². The molecule has 0 bridgehead atoms. The Hall–Kier alpha value is -1.97. The first-order chi connectivity index (χ1) is 6.31. The number of hydrogen-bond donors (Lipinski definition) is 0. The molecule has 2 rings (SSSR count). The number of carbonyl (C=O) groups is 1. The minimum Gasteiger partial charge on any atom is -0.471 e. The van der Waals surface area contributed by atoms with Gasteiger partial charge in [0.2, 0.25) is 0 Å². The highest BCUT2D eigenvalue weighted by Gasteiger charge is 2.06. The molecule has 4 heteroatoms. The molecule has 0 aliphatic rings. The molecule has 1 amide bonds. The molecule has 2 aromatic rings. The quantitative estimate of drug-likeness (QED) is 0.625. The zero-order valence-electron chi connectivity index (χ0n) is 6.56. The van der Waals surface area contributed by atoms with Crippen molar-refractivity contribution in [3.8, 4) is 0 Å². The average molecular weight is 175 g/mol. The second-order valence-electron chi connectivity index (χ2n) is 2.61. The van der Waals surface area contributed by atoms with Crippen LogP contribution in [0.15, 0.2) is 40.3 Å². The van der Waals surface area contributed by atoms with E-state index in [-0.39, 0.29) is 5.56 Å². The molecule has 0 saturated carbocycles. The lowest BCUT2D eigenvalue weighted by Gasteiger charge is -1.91. The fraction of sp³-hybridized carbons (Fsp3) is 0. The van der Waals surface area contributed by atoms with Crippen molar-refractivity contribution in [2.75, 3.05) is 0 Å². The van der Waals surface area contributed by atoms with E-state index < -0.39 is 5.91 Å². The zero-order chi connectivity index (χ0) is 9.26. The van der Waals surface area contributed by atoms with Crippen molar-refractivity contribution in [2.45, 2.75) is 0 Å². The van der Waals surface area contributed by atoms with Crippen LogP contribution in [0.4, 0.5) is 0 Å². The highest BCUT2D eigenvalue weighted by Crippen LogP contribution is 2.17. The summed E-state index contributed by atoms with van der Waals surface area (Å²) in [5.74, 6) is -0.761. The van der Waals surface area contributed by atoms with Gasteiger partial charge in [0.15, 0.2) is 0 Å². The summed E-state index contributed by atoms with van der Waals surface area (Å²) in [5, 5.41) is 4.01. The van der Waals surface area contributed by atoms with E-state index in [9.17, 15) is 9.70 Å². The Morgan fingerprint density at radius 3 is 2.77 bits per heavy atom. The number of nitroso groups, excluding NO2 is 1. The molecule has 4 nitrogen and oxygen atoms in total. The maximum Gasteiger partial charge on any atom is 0.316 e. The van der Waals surface area contributed by atoms with Crippen LogP contribution in [0.5, 0.6) is 0 Å². The number of carbonyl (C=O) groups excluding carboxylic acids is 1. The van der Waals surface area contributed by atoms with Crippen LogP contribution in [0.1, 0.15) is 10.4 Å². The first-order valence-electron chi connectivity index (χ1n) is 3.65. The van der Waals surface area contributed by atoms with Gasteiger partial charge >= 0.3 is 5.91 Å². The number of benzene rings is 1. The summed E-state index contributed by atoms with van der Waals surface area (Å²) < 4.78 is 4.91. The van der Waals surface area contributed by atoms with Gasteiger partial charge in [0.1, 0.15) is 0 Å². The predicted molar refractivity (Wildman–Crippen MR) is 46.3 cm³/mol. The van der Waals surface area contributed by atoms with Gasteiger partial charge in [-0.25, -0.2) is 0 Å². The summed E-state index contributed by atoms with van der Waals surface area (Å²) in [4.78, 5) is 20.8. The van der Waals surface area contributed by atoms with Crippen LogP contribution in [-0.2, 0) is 0 Å². The van der Waals surface area contributed by atoms with E-state index in [0.29, 0.717) is 0 Å². The van der Waals surface area contributed by atoms with Crippen molar-refractivity contribution in [2.24, 2.45) is 5.18 Å². The van der Waals surface area contributed by atoms with Crippen LogP contribution in [0.3, 0.4) is 0 Å². The van der Waals surface area contributed by atoms with E-state index in [1.807, 2.05) is 0 Å².